The first-order valence-electron chi connectivity index (χ1n) is 5.99. The van der Waals surface area contributed by atoms with Gasteiger partial charge < -0.3 is 11.1 Å². The Kier molecular flexibility index (Phi) is 6.11. The van der Waals surface area contributed by atoms with Crippen molar-refractivity contribution in [1.29, 1.82) is 0 Å². The first kappa shape index (κ1) is 17.1. The molecular formula is C13H16Cl3N3O. The summed E-state index contributed by atoms with van der Waals surface area (Å²) in [5, 5.41) is 3.06. The molecule has 0 unspecified atom stereocenters. The van der Waals surface area contributed by atoms with Crippen molar-refractivity contribution in [2.75, 3.05) is 11.1 Å². The van der Waals surface area contributed by atoms with Crippen molar-refractivity contribution in [3.63, 3.8) is 0 Å². The molecule has 1 aromatic rings. The Morgan fingerprint density at radius 2 is 2.15 bits per heavy atom. The molecule has 0 aliphatic carbocycles. The van der Waals surface area contributed by atoms with Crippen LogP contribution in [0.25, 0.3) is 0 Å². The van der Waals surface area contributed by atoms with Crippen LogP contribution < -0.4 is 11.1 Å². The van der Waals surface area contributed by atoms with E-state index < -0.39 is 9.58 Å². The van der Waals surface area contributed by atoms with E-state index >= 15 is 0 Å². The number of alkyl halides is 3. The van der Waals surface area contributed by atoms with Gasteiger partial charge in [-0.3, -0.25) is 4.79 Å². The van der Waals surface area contributed by atoms with Crippen molar-refractivity contribution in [1.82, 2.24) is 4.98 Å². The largest absolute Gasteiger partial charge is 0.382 e. The summed E-state index contributed by atoms with van der Waals surface area (Å²) in [6.07, 6.45) is 3.49. The number of anilines is 2. The second-order valence-electron chi connectivity index (χ2n) is 4.69. The van der Waals surface area contributed by atoms with Crippen molar-refractivity contribution in [3.05, 3.63) is 30.1 Å². The van der Waals surface area contributed by atoms with Gasteiger partial charge >= 0.3 is 0 Å². The number of nitrogens with two attached hydrogens (primary N) is 1. The topological polar surface area (TPSA) is 68.0 Å². The molecule has 0 aliphatic heterocycles. The number of aromatic nitrogens is 1. The van der Waals surface area contributed by atoms with Crippen LogP contribution in [-0.4, -0.2) is 14.6 Å². The maximum atomic E-state index is 11.8. The van der Waals surface area contributed by atoms with E-state index in [2.05, 4.69) is 10.3 Å². The van der Waals surface area contributed by atoms with Crippen molar-refractivity contribution in [2.45, 2.75) is 24.1 Å². The van der Waals surface area contributed by atoms with Gasteiger partial charge in [0.15, 0.2) is 0 Å². The third kappa shape index (κ3) is 5.57. The standard InChI is InChI=1S/C13H16Cl3N3O/c1-8(2)6-9(7-11(20)13(14,15)16)19-10-4-3-5-18-12(10)17/h3-5,7-8,19H,6H2,1-2H3,(H2,17,18)/b9-7+. The lowest BCUT2D eigenvalue weighted by molar-refractivity contribution is -0.113. The van der Waals surface area contributed by atoms with Gasteiger partial charge in [-0.05, 0) is 24.5 Å². The second kappa shape index (κ2) is 7.16. The number of carbonyl (C=O) groups is 1. The van der Waals surface area contributed by atoms with Crippen molar-refractivity contribution >= 4 is 52.1 Å². The number of hydrogen-bond donors (Lipinski definition) is 2. The van der Waals surface area contributed by atoms with Gasteiger partial charge in [-0.1, -0.05) is 48.7 Å². The van der Waals surface area contributed by atoms with E-state index in [4.69, 9.17) is 40.5 Å². The van der Waals surface area contributed by atoms with E-state index in [0.29, 0.717) is 29.5 Å². The van der Waals surface area contributed by atoms with Crippen LogP contribution in [0.2, 0.25) is 0 Å². The van der Waals surface area contributed by atoms with Crippen LogP contribution in [0.4, 0.5) is 11.5 Å². The fourth-order valence-corrected chi connectivity index (χ4v) is 1.69. The molecule has 0 amide bonds. The van der Waals surface area contributed by atoms with Crippen LogP contribution in [-0.2, 0) is 4.79 Å². The molecule has 20 heavy (non-hydrogen) atoms. The highest BCUT2D eigenvalue weighted by Gasteiger charge is 2.29. The Morgan fingerprint density at radius 1 is 1.50 bits per heavy atom. The van der Waals surface area contributed by atoms with Gasteiger partial charge in [-0.25, -0.2) is 4.98 Å². The number of rotatable bonds is 5. The zero-order chi connectivity index (χ0) is 15.3. The molecule has 0 atom stereocenters. The van der Waals surface area contributed by atoms with Gasteiger partial charge in [0, 0.05) is 18.0 Å². The van der Waals surface area contributed by atoms with E-state index in [1.165, 1.54) is 6.08 Å². The maximum absolute atomic E-state index is 11.8. The molecule has 3 N–H and O–H groups in total. The summed E-state index contributed by atoms with van der Waals surface area (Å²) in [6.45, 7) is 4.03. The van der Waals surface area contributed by atoms with Crippen LogP contribution in [0.1, 0.15) is 20.3 Å². The quantitative estimate of drug-likeness (QED) is 0.631. The molecule has 0 saturated heterocycles. The molecule has 0 bridgehead atoms. The molecule has 0 aliphatic rings. The fraction of sp³-hybridized carbons (Fsp3) is 0.385. The van der Waals surface area contributed by atoms with E-state index in [9.17, 15) is 4.79 Å². The summed E-state index contributed by atoms with van der Waals surface area (Å²) >= 11 is 16.7. The van der Waals surface area contributed by atoms with Gasteiger partial charge in [0.05, 0.1) is 5.69 Å². The summed E-state index contributed by atoms with van der Waals surface area (Å²) in [4.78, 5) is 15.7. The zero-order valence-corrected chi connectivity index (χ0v) is 13.4. The highest BCUT2D eigenvalue weighted by molar-refractivity contribution is 6.77. The van der Waals surface area contributed by atoms with Crippen molar-refractivity contribution in [2.24, 2.45) is 5.92 Å². The third-order valence-corrected chi connectivity index (χ3v) is 2.91. The van der Waals surface area contributed by atoms with Crippen LogP contribution >= 0.6 is 34.8 Å². The minimum Gasteiger partial charge on any atom is -0.382 e. The minimum atomic E-state index is -1.97. The number of carbonyl (C=O) groups excluding carboxylic acids is 1. The summed E-state index contributed by atoms with van der Waals surface area (Å²) in [5.74, 6) is 0.0476. The highest BCUT2D eigenvalue weighted by atomic mass is 35.6. The van der Waals surface area contributed by atoms with Gasteiger partial charge in [0.2, 0.25) is 5.78 Å². The van der Waals surface area contributed by atoms with Crippen LogP contribution in [0.3, 0.4) is 0 Å². The second-order valence-corrected chi connectivity index (χ2v) is 6.97. The predicted molar refractivity (Wildman–Crippen MR) is 85.1 cm³/mol. The number of hydrogen-bond acceptors (Lipinski definition) is 4. The fourth-order valence-electron chi connectivity index (χ4n) is 1.52. The summed E-state index contributed by atoms with van der Waals surface area (Å²) in [5.41, 5.74) is 6.98. The highest BCUT2D eigenvalue weighted by Crippen LogP contribution is 2.29. The number of pyridine rings is 1. The molecule has 1 aromatic heterocycles. The molecule has 0 spiro atoms. The van der Waals surface area contributed by atoms with Gasteiger partial charge in [0.25, 0.3) is 3.79 Å². The van der Waals surface area contributed by atoms with Crippen LogP contribution in [0.5, 0.6) is 0 Å². The SMILES string of the molecule is CC(C)C/C(=C\C(=O)C(Cl)(Cl)Cl)Nc1cccnc1N. The molecule has 1 heterocycles. The smallest absolute Gasteiger partial charge is 0.252 e. The lowest BCUT2D eigenvalue weighted by Gasteiger charge is -2.15. The zero-order valence-electron chi connectivity index (χ0n) is 11.2. The van der Waals surface area contributed by atoms with Crippen LogP contribution in [0.15, 0.2) is 30.1 Å². The molecule has 110 valence electrons. The van der Waals surface area contributed by atoms with Crippen molar-refractivity contribution < 1.29 is 4.79 Å². The summed E-state index contributed by atoms with van der Waals surface area (Å²) < 4.78 is -1.97. The first-order chi connectivity index (χ1) is 9.20. The Balaban J connectivity index is 2.99. The number of ketones is 1. The predicted octanol–water partition coefficient (Wildman–Crippen LogP) is 3.95. The molecule has 0 saturated carbocycles. The van der Waals surface area contributed by atoms with E-state index in [1.54, 1.807) is 18.3 Å². The van der Waals surface area contributed by atoms with Gasteiger partial charge in [-0.2, -0.15) is 0 Å². The first-order valence-corrected chi connectivity index (χ1v) is 7.12. The number of nitrogens with zero attached hydrogens (tertiary/aromatic N) is 1. The van der Waals surface area contributed by atoms with E-state index in [-0.39, 0.29) is 0 Å². The Labute approximate surface area is 133 Å². The molecule has 0 radical (unpaired) electrons. The third-order valence-electron chi connectivity index (χ3n) is 2.35. The monoisotopic (exact) mass is 335 g/mol. The molecule has 7 heteroatoms. The van der Waals surface area contributed by atoms with Gasteiger partial charge in [0.1, 0.15) is 5.82 Å². The average Bonchev–Trinajstić information content (AvgIpc) is 2.30. The molecule has 0 aromatic carbocycles. The Hall–Kier alpha value is -0.970. The van der Waals surface area contributed by atoms with E-state index in [0.717, 1.165) is 0 Å². The van der Waals surface area contributed by atoms with Gasteiger partial charge in [-0.15, -0.1) is 0 Å². The number of halogens is 3. The molecule has 0 fully saturated rings. The maximum Gasteiger partial charge on any atom is 0.252 e. The number of allylic oxidation sites excluding steroid dienone is 2. The van der Waals surface area contributed by atoms with Crippen molar-refractivity contribution in [3.8, 4) is 0 Å². The number of nitrogen functional groups attached to an aromatic ring is 1. The minimum absolute atomic E-state index is 0.315. The molecular weight excluding hydrogens is 321 g/mol. The molecule has 1 rings (SSSR count). The van der Waals surface area contributed by atoms with Crippen LogP contribution in [0, 0.1) is 5.92 Å². The molecule has 4 nitrogen and oxygen atoms in total. The summed E-state index contributed by atoms with van der Waals surface area (Å²) in [7, 11) is 0. The normalized spacial score (nSPS) is 12.6. The lowest BCUT2D eigenvalue weighted by atomic mass is 10.1. The number of nitrogens with one attached hydrogen (secondary N) is 1. The van der Waals surface area contributed by atoms with E-state index in [1.807, 2.05) is 13.8 Å². The average molecular weight is 337 g/mol. The summed E-state index contributed by atoms with van der Waals surface area (Å²) in [6, 6.07) is 3.50. The Bertz CT molecular complexity index is 510. The lowest BCUT2D eigenvalue weighted by Crippen LogP contribution is -2.18. The Morgan fingerprint density at radius 3 is 2.65 bits per heavy atom.